The standard InChI is InChI=1S/C22H16ClF3N4O.C21H24BF3N2O3.C7H4BrClN2/c1-12-16(22(24,25)26)9-15(10-27-12)29-20(31)8-13-2-4-14(5-3-13)19-11-28-18-7-6-17(23)21(18)30-19;1-13-17(21(23,24)25)11-16(12-26-13)27-18(28)10-14-6-8-15(9-7-14)22-29-19(2,3)20(4,5)30-22;8-6-3-10-5-2-1-4(9)7(5)11-6/h2-6,9-11H,7-8H2,1H3,(H,29,31);6-9,11-12H,10H2,1-5H3,(H,27,28);1,3H,2H2. The second-order valence-corrected chi connectivity index (χ2v) is 19.4. The number of aryl methyl sites for hydroxylation is 2. The maximum absolute atomic E-state index is 13.0. The topological polar surface area (TPSA) is 154 Å². The molecule has 1 saturated heterocycles. The summed E-state index contributed by atoms with van der Waals surface area (Å²) in [5.41, 5.74) is 4.06. The van der Waals surface area contributed by atoms with Crippen molar-refractivity contribution in [2.75, 3.05) is 10.6 Å². The number of hydrogen-bond acceptors (Lipinski definition) is 10. The van der Waals surface area contributed by atoms with Gasteiger partial charge in [0.05, 0.1) is 98.5 Å². The highest BCUT2D eigenvalue weighted by atomic mass is 79.9. The lowest BCUT2D eigenvalue weighted by Gasteiger charge is -2.32. The maximum atomic E-state index is 13.0. The van der Waals surface area contributed by atoms with Gasteiger partial charge in [-0.1, -0.05) is 83.9 Å². The summed E-state index contributed by atoms with van der Waals surface area (Å²) in [6, 6.07) is 16.1. The van der Waals surface area contributed by atoms with Crippen LogP contribution in [-0.4, -0.2) is 60.0 Å². The van der Waals surface area contributed by atoms with Crippen molar-refractivity contribution in [3.8, 4) is 11.3 Å². The molecule has 0 spiro atoms. The number of carbonyl (C=O) groups is 2. The second kappa shape index (κ2) is 21.6. The maximum Gasteiger partial charge on any atom is 0.494 e. The lowest BCUT2D eigenvalue weighted by Crippen LogP contribution is -2.41. The van der Waals surface area contributed by atoms with Crippen LogP contribution >= 0.6 is 39.1 Å². The molecule has 9 rings (SSSR count). The van der Waals surface area contributed by atoms with Crippen LogP contribution in [0, 0.1) is 13.8 Å². The minimum absolute atomic E-state index is 0.0000596. The molecule has 0 bridgehead atoms. The molecule has 2 N–H and O–H groups in total. The first-order valence-corrected chi connectivity index (χ1v) is 23.6. The van der Waals surface area contributed by atoms with E-state index in [9.17, 15) is 35.9 Å². The predicted octanol–water partition coefficient (Wildman–Crippen LogP) is 11.4. The van der Waals surface area contributed by atoms with E-state index < -0.39 is 53.6 Å². The number of hydrogen-bond donors (Lipinski definition) is 2. The van der Waals surface area contributed by atoms with Crippen LogP contribution in [0.5, 0.6) is 0 Å². The normalized spacial score (nSPS) is 15.2. The van der Waals surface area contributed by atoms with Crippen LogP contribution in [-0.2, 0) is 56.9 Å². The lowest BCUT2D eigenvalue weighted by atomic mass is 9.79. The molecule has 22 heteroatoms. The molecule has 2 amide bonds. The minimum atomic E-state index is -4.53. The molecule has 0 saturated carbocycles. The molecule has 1 aliphatic heterocycles. The summed E-state index contributed by atoms with van der Waals surface area (Å²) in [7, 11) is -0.503. The zero-order chi connectivity index (χ0) is 52.3. The highest BCUT2D eigenvalue weighted by Gasteiger charge is 2.51. The van der Waals surface area contributed by atoms with Crippen molar-refractivity contribution in [2.45, 2.75) is 90.8 Å². The third kappa shape index (κ3) is 13.1. The van der Waals surface area contributed by atoms with Crippen molar-refractivity contribution < 1.29 is 45.2 Å². The smallest absolute Gasteiger partial charge is 0.399 e. The van der Waals surface area contributed by atoms with Gasteiger partial charge in [0.1, 0.15) is 16.0 Å². The molecular weight excluding hydrogens is 1050 g/mol. The zero-order valence-corrected chi connectivity index (χ0v) is 42.5. The van der Waals surface area contributed by atoms with Gasteiger partial charge in [0.25, 0.3) is 0 Å². The fraction of sp³-hybridized carbons (Fsp3) is 0.280. The Balaban J connectivity index is 0.000000174. The molecule has 3 aliphatic rings. The summed E-state index contributed by atoms with van der Waals surface area (Å²) in [6.45, 7) is 10.4. The molecular formula is C50H44BBrCl2F6N8O4. The Labute approximate surface area is 429 Å². The van der Waals surface area contributed by atoms with Crippen LogP contribution < -0.4 is 16.1 Å². The number of amides is 2. The Bertz CT molecular complexity index is 3070. The molecule has 1 fully saturated rings. The number of aromatic nitrogens is 6. The number of nitrogens with zero attached hydrogens (tertiary/aromatic N) is 6. The monoisotopic (exact) mass is 1090 g/mol. The molecule has 6 aromatic rings. The molecule has 5 heterocycles. The molecule has 72 heavy (non-hydrogen) atoms. The average Bonchev–Trinajstić information content (AvgIpc) is 3.94. The van der Waals surface area contributed by atoms with E-state index in [2.05, 4.69) is 56.5 Å². The largest absolute Gasteiger partial charge is 0.494 e. The van der Waals surface area contributed by atoms with Gasteiger partial charge in [-0.15, -0.1) is 0 Å². The number of anilines is 2. The fourth-order valence-corrected chi connectivity index (χ4v) is 8.05. The number of allylic oxidation sites excluding steroid dienone is 2. The Morgan fingerprint density at radius 3 is 1.54 bits per heavy atom. The molecule has 374 valence electrons. The van der Waals surface area contributed by atoms with Gasteiger partial charge >= 0.3 is 19.5 Å². The Morgan fingerprint density at radius 2 is 1.08 bits per heavy atom. The van der Waals surface area contributed by atoms with Gasteiger partial charge in [-0.05, 0) is 86.2 Å². The van der Waals surface area contributed by atoms with E-state index in [0.717, 1.165) is 51.3 Å². The van der Waals surface area contributed by atoms with E-state index in [0.29, 0.717) is 39.0 Å². The van der Waals surface area contributed by atoms with Crippen molar-refractivity contribution in [3.05, 3.63) is 159 Å². The van der Waals surface area contributed by atoms with Gasteiger partial charge in [0, 0.05) is 29.8 Å². The van der Waals surface area contributed by atoms with Crippen molar-refractivity contribution in [2.24, 2.45) is 0 Å². The Kier molecular flexibility index (Phi) is 16.1. The van der Waals surface area contributed by atoms with Crippen LogP contribution in [0.3, 0.4) is 0 Å². The molecule has 0 radical (unpaired) electrons. The van der Waals surface area contributed by atoms with E-state index in [1.807, 2.05) is 52.0 Å². The van der Waals surface area contributed by atoms with Crippen LogP contribution in [0.4, 0.5) is 37.7 Å². The zero-order valence-electron chi connectivity index (χ0n) is 39.4. The molecule has 4 aromatic heterocycles. The van der Waals surface area contributed by atoms with Gasteiger partial charge in [-0.2, -0.15) is 26.3 Å². The third-order valence-electron chi connectivity index (χ3n) is 11.9. The average molecular weight is 1100 g/mol. The number of pyridine rings is 2. The number of alkyl halides is 6. The first kappa shape index (κ1) is 53.7. The lowest BCUT2D eigenvalue weighted by molar-refractivity contribution is -0.139. The van der Waals surface area contributed by atoms with Crippen LogP contribution in [0.2, 0.25) is 0 Å². The summed E-state index contributed by atoms with van der Waals surface area (Å²) in [5.74, 6) is -0.877. The SMILES string of the molecule is Cc1ncc(NC(=O)Cc2ccc(-c3cnc4c(n3)C(Cl)=CC4)cc2)cc1C(F)(F)F.Cc1ncc(NC(=O)Cc2ccc(B3OC(C)(C)C(C)(C)O3)cc2)cc1C(F)(F)F.ClC1=CCc2ncc(Br)nc21. The van der Waals surface area contributed by atoms with E-state index in [-0.39, 0.29) is 35.6 Å². The molecule has 2 aromatic carbocycles. The Morgan fingerprint density at radius 1 is 0.653 bits per heavy atom. The number of fused-ring (bicyclic) bond motifs is 2. The highest BCUT2D eigenvalue weighted by Crippen LogP contribution is 2.37. The summed E-state index contributed by atoms with van der Waals surface area (Å²) in [5, 5.41) is 6.22. The van der Waals surface area contributed by atoms with Crippen LogP contribution in [0.25, 0.3) is 21.3 Å². The summed E-state index contributed by atoms with van der Waals surface area (Å²) >= 11 is 15.2. The number of halogens is 9. The van der Waals surface area contributed by atoms with E-state index in [1.165, 1.54) is 26.2 Å². The van der Waals surface area contributed by atoms with Crippen molar-refractivity contribution in [1.29, 1.82) is 0 Å². The van der Waals surface area contributed by atoms with Gasteiger partial charge < -0.3 is 19.9 Å². The van der Waals surface area contributed by atoms with Gasteiger partial charge in [-0.3, -0.25) is 29.5 Å². The van der Waals surface area contributed by atoms with Crippen molar-refractivity contribution in [1.82, 2.24) is 29.9 Å². The van der Waals surface area contributed by atoms with Gasteiger partial charge in [0.2, 0.25) is 11.8 Å². The molecule has 0 unspecified atom stereocenters. The first-order valence-electron chi connectivity index (χ1n) is 22.1. The number of nitrogens with one attached hydrogen (secondary N) is 2. The van der Waals surface area contributed by atoms with Crippen molar-refractivity contribution >= 4 is 85.0 Å². The summed E-state index contributed by atoms with van der Waals surface area (Å²) < 4.78 is 90.8. The van der Waals surface area contributed by atoms with Gasteiger partial charge in [-0.25, -0.2) is 9.97 Å². The molecule has 0 atom stereocenters. The van der Waals surface area contributed by atoms with Gasteiger partial charge in [0.15, 0.2) is 0 Å². The summed E-state index contributed by atoms with van der Waals surface area (Å²) in [6.07, 6.45) is 1.97. The number of carbonyl (C=O) groups excluding carboxylic acids is 2. The van der Waals surface area contributed by atoms with Crippen LogP contribution in [0.1, 0.15) is 84.1 Å². The van der Waals surface area contributed by atoms with E-state index in [1.54, 1.807) is 48.8 Å². The Hall–Kier alpha value is -6.06. The fourth-order valence-electron chi connectivity index (χ4n) is 7.32. The quantitative estimate of drug-likeness (QED) is 0.111. The first-order chi connectivity index (χ1) is 33.8. The molecule has 2 aliphatic carbocycles. The third-order valence-corrected chi connectivity index (χ3v) is 13.0. The predicted molar refractivity (Wildman–Crippen MR) is 267 cm³/mol. The van der Waals surface area contributed by atoms with E-state index in [4.69, 9.17) is 32.5 Å². The minimum Gasteiger partial charge on any atom is -0.399 e. The number of rotatable bonds is 8. The molecule has 12 nitrogen and oxygen atoms in total. The number of benzene rings is 2. The van der Waals surface area contributed by atoms with E-state index >= 15 is 0 Å². The summed E-state index contributed by atoms with van der Waals surface area (Å²) in [4.78, 5) is 49.3. The van der Waals surface area contributed by atoms with Crippen LogP contribution in [0.15, 0.2) is 102 Å². The highest BCUT2D eigenvalue weighted by molar-refractivity contribution is 9.10. The van der Waals surface area contributed by atoms with Crippen molar-refractivity contribution in [3.63, 3.8) is 0 Å². The second-order valence-electron chi connectivity index (χ2n) is 17.7.